The van der Waals surface area contributed by atoms with Gasteiger partial charge in [0.25, 0.3) is 5.91 Å². The molecule has 1 amide bonds. The number of hydrogen-bond donors (Lipinski definition) is 2. The van der Waals surface area contributed by atoms with Gasteiger partial charge in [-0.1, -0.05) is 25.0 Å². The molecule has 2 rings (SSSR count). The Labute approximate surface area is 118 Å². The first-order chi connectivity index (χ1) is 9.69. The molecule has 1 aromatic carbocycles. The lowest BCUT2D eigenvalue weighted by Gasteiger charge is -2.17. The number of nitrogens with one attached hydrogen (secondary N) is 1. The van der Waals surface area contributed by atoms with Gasteiger partial charge in [-0.25, -0.2) is 0 Å². The van der Waals surface area contributed by atoms with Gasteiger partial charge in [0.05, 0.1) is 6.07 Å². The van der Waals surface area contributed by atoms with Crippen molar-refractivity contribution in [2.45, 2.75) is 37.8 Å². The third-order valence-electron chi connectivity index (χ3n) is 3.48. The molecule has 0 spiro atoms. The molecule has 0 bridgehead atoms. The molecule has 3 N–H and O–H groups in total. The zero-order valence-electron chi connectivity index (χ0n) is 11.3. The van der Waals surface area contributed by atoms with Crippen molar-refractivity contribution >= 4 is 5.91 Å². The van der Waals surface area contributed by atoms with E-state index in [9.17, 15) is 10.1 Å². The summed E-state index contributed by atoms with van der Waals surface area (Å²) in [6, 6.07) is 9.60. The van der Waals surface area contributed by atoms with E-state index in [2.05, 4.69) is 11.4 Å². The summed E-state index contributed by atoms with van der Waals surface area (Å²) < 4.78 is 5.19. The molecule has 1 aromatic rings. The second kappa shape index (κ2) is 6.92. The summed E-state index contributed by atoms with van der Waals surface area (Å²) in [6.07, 6.45) is 4.74. The number of carbonyl (C=O) groups is 1. The lowest BCUT2D eigenvalue weighted by Crippen LogP contribution is -2.29. The van der Waals surface area contributed by atoms with Crippen molar-refractivity contribution in [3.05, 3.63) is 29.8 Å². The Morgan fingerprint density at radius 1 is 1.40 bits per heavy atom. The van der Waals surface area contributed by atoms with E-state index in [0.29, 0.717) is 11.8 Å². The van der Waals surface area contributed by atoms with Crippen LogP contribution in [0.2, 0.25) is 0 Å². The molecule has 5 nitrogen and oxygen atoms in total. The van der Waals surface area contributed by atoms with Crippen molar-refractivity contribution in [3.8, 4) is 11.8 Å². The van der Waals surface area contributed by atoms with Crippen LogP contribution >= 0.6 is 0 Å². The van der Waals surface area contributed by atoms with Crippen LogP contribution in [0.1, 0.15) is 37.3 Å². The number of carbonyl (C=O) groups excluding carboxylic acids is 1. The van der Waals surface area contributed by atoms with Gasteiger partial charge in [-0.3, -0.25) is 10.1 Å². The summed E-state index contributed by atoms with van der Waals surface area (Å²) in [5.41, 5.74) is 5.92. The first-order valence-corrected chi connectivity index (χ1v) is 6.86. The fraction of sp³-hybridized carbons (Fsp3) is 0.467. The summed E-state index contributed by atoms with van der Waals surface area (Å²) >= 11 is 0. The summed E-state index contributed by atoms with van der Waals surface area (Å²) in [5.74, 6) is 0.0667. The van der Waals surface area contributed by atoms with Gasteiger partial charge < -0.3 is 10.5 Å². The normalized spacial score (nSPS) is 16.6. The molecule has 106 valence electrons. The Balaban J connectivity index is 1.96. The fourth-order valence-electron chi connectivity index (χ4n) is 2.45. The third-order valence-corrected chi connectivity index (χ3v) is 3.48. The number of nitrogens with two attached hydrogens (primary N) is 1. The number of rotatable bonds is 6. The lowest BCUT2D eigenvalue weighted by molar-refractivity contribution is -0.119. The topological polar surface area (TPSA) is 88.1 Å². The van der Waals surface area contributed by atoms with E-state index in [1.165, 1.54) is 12.8 Å². The van der Waals surface area contributed by atoms with Crippen LogP contribution in [0, 0.1) is 11.3 Å². The third kappa shape index (κ3) is 3.97. The maximum Gasteiger partial charge on any atom is 0.255 e. The van der Waals surface area contributed by atoms with Crippen LogP contribution in [0.5, 0.6) is 5.75 Å². The van der Waals surface area contributed by atoms with Gasteiger partial charge in [0, 0.05) is 6.04 Å². The minimum Gasteiger partial charge on any atom is -0.484 e. The molecule has 5 heteroatoms. The predicted molar refractivity (Wildman–Crippen MR) is 74.9 cm³/mol. The molecule has 1 aliphatic rings. The Bertz CT molecular complexity index is 487. The van der Waals surface area contributed by atoms with Crippen molar-refractivity contribution in [1.82, 2.24) is 5.32 Å². The van der Waals surface area contributed by atoms with Crippen molar-refractivity contribution in [3.63, 3.8) is 0 Å². The van der Waals surface area contributed by atoms with Crippen molar-refractivity contribution in [1.29, 1.82) is 5.26 Å². The fourth-order valence-corrected chi connectivity index (χ4v) is 2.45. The standard InChI is InChI=1S/C15H19N3O2/c16-9-14(18-12-3-1-2-4-12)11-5-7-13(8-6-11)20-10-15(17)19/h5-8,12,14,18H,1-4,10H2,(H2,17,19). The van der Waals surface area contributed by atoms with E-state index in [1.807, 2.05) is 12.1 Å². The van der Waals surface area contributed by atoms with Crippen LogP contribution in [0.15, 0.2) is 24.3 Å². The highest BCUT2D eigenvalue weighted by Gasteiger charge is 2.19. The highest BCUT2D eigenvalue weighted by Crippen LogP contribution is 2.23. The van der Waals surface area contributed by atoms with E-state index in [-0.39, 0.29) is 12.6 Å². The Morgan fingerprint density at radius 2 is 2.05 bits per heavy atom. The van der Waals surface area contributed by atoms with Gasteiger partial charge in [-0.05, 0) is 30.5 Å². The van der Waals surface area contributed by atoms with Gasteiger partial charge in [0.2, 0.25) is 0 Å². The van der Waals surface area contributed by atoms with Gasteiger partial charge in [-0.15, -0.1) is 0 Å². The lowest BCUT2D eigenvalue weighted by atomic mass is 10.1. The van der Waals surface area contributed by atoms with Crippen molar-refractivity contribution in [2.24, 2.45) is 5.73 Å². The highest BCUT2D eigenvalue weighted by molar-refractivity contribution is 5.75. The Hall–Kier alpha value is -2.06. The smallest absolute Gasteiger partial charge is 0.255 e. The van der Waals surface area contributed by atoms with E-state index in [1.54, 1.807) is 12.1 Å². The van der Waals surface area contributed by atoms with E-state index in [0.717, 1.165) is 18.4 Å². The zero-order valence-corrected chi connectivity index (χ0v) is 11.3. The van der Waals surface area contributed by atoms with Crippen LogP contribution in [0.25, 0.3) is 0 Å². The van der Waals surface area contributed by atoms with Crippen LogP contribution in [-0.4, -0.2) is 18.6 Å². The SMILES string of the molecule is N#CC(NC1CCCC1)c1ccc(OCC(N)=O)cc1. The molecule has 0 heterocycles. The molecule has 1 aliphatic carbocycles. The molecule has 0 aromatic heterocycles. The van der Waals surface area contributed by atoms with Crippen LogP contribution in [-0.2, 0) is 4.79 Å². The second-order valence-electron chi connectivity index (χ2n) is 5.03. The molecular weight excluding hydrogens is 254 g/mol. The average molecular weight is 273 g/mol. The number of nitrogens with zero attached hydrogens (tertiary/aromatic N) is 1. The van der Waals surface area contributed by atoms with E-state index < -0.39 is 5.91 Å². The zero-order chi connectivity index (χ0) is 14.4. The molecule has 1 saturated carbocycles. The van der Waals surface area contributed by atoms with Gasteiger partial charge >= 0.3 is 0 Å². The van der Waals surface area contributed by atoms with Crippen LogP contribution in [0.3, 0.4) is 0 Å². The average Bonchev–Trinajstić information content (AvgIpc) is 2.96. The molecule has 1 fully saturated rings. The number of benzene rings is 1. The van der Waals surface area contributed by atoms with Crippen LogP contribution in [0.4, 0.5) is 0 Å². The number of amides is 1. The maximum atomic E-state index is 10.6. The molecule has 20 heavy (non-hydrogen) atoms. The highest BCUT2D eigenvalue weighted by atomic mass is 16.5. The predicted octanol–water partition coefficient (Wildman–Crippen LogP) is 1.65. The maximum absolute atomic E-state index is 10.6. The molecule has 1 atom stereocenters. The minimum absolute atomic E-state index is 0.138. The van der Waals surface area contributed by atoms with E-state index in [4.69, 9.17) is 10.5 Å². The number of ether oxygens (including phenoxy) is 1. The summed E-state index contributed by atoms with van der Waals surface area (Å²) in [5, 5.41) is 12.7. The first kappa shape index (κ1) is 14.4. The molecular formula is C15H19N3O2. The first-order valence-electron chi connectivity index (χ1n) is 6.86. The largest absolute Gasteiger partial charge is 0.484 e. The summed E-state index contributed by atoms with van der Waals surface area (Å²) in [4.78, 5) is 10.6. The number of hydrogen-bond acceptors (Lipinski definition) is 4. The van der Waals surface area contributed by atoms with Gasteiger partial charge in [-0.2, -0.15) is 5.26 Å². The summed E-state index contributed by atoms with van der Waals surface area (Å²) in [6.45, 7) is -0.138. The molecule has 0 radical (unpaired) electrons. The number of primary amides is 1. The Morgan fingerprint density at radius 3 is 2.60 bits per heavy atom. The van der Waals surface area contributed by atoms with Crippen molar-refractivity contribution in [2.75, 3.05) is 6.61 Å². The molecule has 0 aliphatic heterocycles. The summed E-state index contributed by atoms with van der Waals surface area (Å²) in [7, 11) is 0. The minimum atomic E-state index is -0.508. The molecule has 0 saturated heterocycles. The quantitative estimate of drug-likeness (QED) is 0.824. The van der Waals surface area contributed by atoms with Crippen molar-refractivity contribution < 1.29 is 9.53 Å². The monoisotopic (exact) mass is 273 g/mol. The Kier molecular flexibility index (Phi) is 4.97. The van der Waals surface area contributed by atoms with Crippen LogP contribution < -0.4 is 15.8 Å². The van der Waals surface area contributed by atoms with Gasteiger partial charge in [0.1, 0.15) is 11.8 Å². The second-order valence-corrected chi connectivity index (χ2v) is 5.03. The number of nitriles is 1. The molecule has 1 unspecified atom stereocenters. The van der Waals surface area contributed by atoms with Gasteiger partial charge in [0.15, 0.2) is 6.61 Å². The van der Waals surface area contributed by atoms with E-state index >= 15 is 0 Å².